The Balaban J connectivity index is 0. The van der Waals surface area contributed by atoms with E-state index in [2.05, 4.69) is 24.1 Å². The van der Waals surface area contributed by atoms with Gasteiger partial charge in [-0.3, -0.25) is 0 Å². The summed E-state index contributed by atoms with van der Waals surface area (Å²) in [5.41, 5.74) is 0. The molecule has 0 heterocycles. The molecule has 0 amide bonds. The van der Waals surface area contributed by atoms with Crippen LogP contribution in [0.1, 0.15) is 0 Å². The molecule has 0 rings (SSSR count). The van der Waals surface area contributed by atoms with Crippen LogP contribution in [0.15, 0.2) is 0 Å². The second kappa shape index (κ2) is 15.7. The molecule has 0 aliphatic carbocycles. The number of ether oxygens (including phenoxy) is 2. The average molecular weight is 172 g/mol. The van der Waals surface area contributed by atoms with Crippen molar-refractivity contribution in [1.82, 2.24) is 0 Å². The molecule has 0 unspecified atom stereocenters. The van der Waals surface area contributed by atoms with Gasteiger partial charge in [-0.2, -0.15) is 0 Å². The van der Waals surface area contributed by atoms with Crippen molar-refractivity contribution in [2.24, 2.45) is 0 Å². The first-order valence-electron chi connectivity index (χ1n) is 2.34. The zero-order valence-corrected chi connectivity index (χ0v) is 7.55. The van der Waals surface area contributed by atoms with Crippen LogP contribution < -0.4 is 0 Å². The fraction of sp³-hybridized carbons (Fsp3) is 1.00. The third-order valence-corrected chi connectivity index (χ3v) is 0.492. The van der Waals surface area contributed by atoms with E-state index >= 15 is 0 Å². The van der Waals surface area contributed by atoms with E-state index in [1.165, 1.54) is 0 Å². The summed E-state index contributed by atoms with van der Waals surface area (Å²) in [6.45, 7) is 1.38. The van der Waals surface area contributed by atoms with E-state index in [1.807, 2.05) is 15.6 Å². The van der Waals surface area contributed by atoms with Crippen LogP contribution in [-0.2, 0) is 9.47 Å². The molecule has 8 heavy (non-hydrogen) atoms. The van der Waals surface area contributed by atoms with Crippen molar-refractivity contribution < 1.29 is 9.47 Å². The van der Waals surface area contributed by atoms with E-state index in [4.69, 9.17) is 0 Å². The van der Waals surface area contributed by atoms with Crippen LogP contribution in [0.2, 0.25) is 0 Å². The van der Waals surface area contributed by atoms with Gasteiger partial charge in [-0.1, -0.05) is 0 Å². The molecule has 2 radical (unpaired) electrons. The van der Waals surface area contributed by atoms with E-state index in [-0.39, 0.29) is 0 Å². The predicted molar refractivity (Wildman–Crippen MR) is 35.3 cm³/mol. The molecule has 4 heteroatoms. The van der Waals surface area contributed by atoms with Gasteiger partial charge in [0.25, 0.3) is 0 Å². The molecule has 0 aromatic rings. The van der Waals surface area contributed by atoms with Crippen LogP contribution in [0.5, 0.6) is 0 Å². The summed E-state index contributed by atoms with van der Waals surface area (Å²) >= 11 is 4.25. The monoisotopic (exact) mass is 172 g/mol. The molecule has 0 bridgehead atoms. The van der Waals surface area contributed by atoms with Gasteiger partial charge in [0.05, 0.1) is 13.2 Å². The van der Waals surface area contributed by atoms with Gasteiger partial charge in [0.1, 0.15) is 0 Å². The fourth-order valence-electron chi connectivity index (χ4n) is 0.167. The normalized spacial score (nSPS) is 7.62. The molecular weight excluding hydrogens is 162 g/mol. The van der Waals surface area contributed by atoms with E-state index in [9.17, 15) is 0 Å². The fourth-order valence-corrected chi connectivity index (χ4v) is 0.167. The average Bonchev–Trinajstić information content (AvgIpc) is 1.88. The Labute approximate surface area is 67.2 Å². The van der Waals surface area contributed by atoms with Crippen molar-refractivity contribution in [2.45, 2.75) is 0 Å². The van der Waals surface area contributed by atoms with Crippen molar-refractivity contribution in [3.63, 3.8) is 0 Å². The van der Waals surface area contributed by atoms with E-state index < -0.39 is 0 Å². The summed E-state index contributed by atoms with van der Waals surface area (Å²) in [4.78, 5) is 0. The van der Waals surface area contributed by atoms with Gasteiger partial charge in [-0.05, 0) is 0 Å². The van der Waals surface area contributed by atoms with Crippen LogP contribution in [0.25, 0.3) is 0 Å². The first-order chi connectivity index (χ1) is 3.91. The van der Waals surface area contributed by atoms with Crippen LogP contribution >= 0.6 is 0 Å². The van der Waals surface area contributed by atoms with Gasteiger partial charge in [0.15, 0.2) is 0 Å². The summed E-state index contributed by atoms with van der Waals surface area (Å²) in [6.07, 6.45) is 0. The van der Waals surface area contributed by atoms with Crippen molar-refractivity contribution in [3.8, 4) is 0 Å². The van der Waals surface area contributed by atoms with Crippen LogP contribution in [0, 0.1) is 0 Å². The molecule has 0 aliphatic heterocycles. The standard InChI is InChI=1S/C4H10O2.As.Li/c1-5-3-4-6-2;;/h3-4H2,1-2H3;;. The molecular formula is C4H10AsLiO2. The van der Waals surface area contributed by atoms with E-state index in [0.29, 0.717) is 13.2 Å². The summed E-state index contributed by atoms with van der Waals surface area (Å²) in [7, 11) is 3.30. The van der Waals surface area contributed by atoms with Crippen LogP contribution in [-0.4, -0.2) is 57.6 Å². The second-order valence-electron chi connectivity index (χ2n) is 0.986. The molecule has 0 spiro atoms. The minimum absolute atomic E-state index is 0.691. The van der Waals surface area contributed by atoms with E-state index in [1.54, 1.807) is 14.2 Å². The van der Waals surface area contributed by atoms with Crippen molar-refractivity contribution >= 4 is 30.2 Å². The zero-order valence-electron chi connectivity index (χ0n) is 5.68. The maximum atomic E-state index is 4.66. The maximum absolute atomic E-state index is 4.66. The van der Waals surface area contributed by atoms with Gasteiger partial charge in [0.2, 0.25) is 0 Å². The molecule has 0 N–H and O–H groups in total. The van der Waals surface area contributed by atoms with Gasteiger partial charge in [0, 0.05) is 14.2 Å². The molecule has 0 atom stereocenters. The Morgan fingerprint density at radius 3 is 1.50 bits per heavy atom. The molecule has 0 saturated carbocycles. The Kier molecular flexibility index (Phi) is 23.2. The van der Waals surface area contributed by atoms with Crippen molar-refractivity contribution in [2.75, 3.05) is 27.4 Å². The molecule has 44 valence electrons. The molecule has 0 aromatic carbocycles. The summed E-state index contributed by atoms with van der Waals surface area (Å²) in [6, 6.07) is 0. The quantitative estimate of drug-likeness (QED) is 0.422. The topological polar surface area (TPSA) is 18.5 Å². The molecule has 0 aromatic heterocycles. The number of hydrogen-bond acceptors (Lipinski definition) is 2. The van der Waals surface area contributed by atoms with Gasteiger partial charge < -0.3 is 9.47 Å². The van der Waals surface area contributed by atoms with Gasteiger partial charge >= 0.3 is 30.2 Å². The first kappa shape index (κ1) is 11.8. The van der Waals surface area contributed by atoms with Gasteiger partial charge in [-0.25, -0.2) is 0 Å². The van der Waals surface area contributed by atoms with Crippen molar-refractivity contribution in [3.05, 3.63) is 0 Å². The molecule has 0 aliphatic rings. The number of hydrogen-bond donors (Lipinski definition) is 0. The SMILES string of the molecule is COCCOC.[Li][As]. The summed E-state index contributed by atoms with van der Waals surface area (Å²) in [5, 5.41) is 0. The number of methoxy groups -OCH3 is 2. The first-order valence-corrected chi connectivity index (χ1v) is 4.22. The third-order valence-electron chi connectivity index (χ3n) is 0.492. The van der Waals surface area contributed by atoms with Crippen LogP contribution in [0.4, 0.5) is 0 Å². The van der Waals surface area contributed by atoms with Crippen molar-refractivity contribution in [1.29, 1.82) is 0 Å². The minimum atomic E-state index is 0.691. The second-order valence-corrected chi connectivity index (χ2v) is 0.986. The Morgan fingerprint density at radius 2 is 1.38 bits per heavy atom. The Bertz CT molecular complexity index is 26.0. The summed E-state index contributed by atoms with van der Waals surface area (Å²) in [5.74, 6) is 0. The van der Waals surface area contributed by atoms with Crippen LogP contribution in [0.3, 0.4) is 0 Å². The Hall–Kier alpha value is 1.08. The molecule has 2 nitrogen and oxygen atoms in total. The predicted octanol–water partition coefficient (Wildman–Crippen LogP) is -0.482. The van der Waals surface area contributed by atoms with Gasteiger partial charge in [-0.15, -0.1) is 0 Å². The molecule has 0 fully saturated rings. The summed E-state index contributed by atoms with van der Waals surface area (Å²) < 4.78 is 9.31. The number of rotatable bonds is 3. The molecule has 0 saturated heterocycles. The third kappa shape index (κ3) is 15.7. The Morgan fingerprint density at radius 1 is 1.12 bits per heavy atom. The zero-order chi connectivity index (χ0) is 6.83. The van der Waals surface area contributed by atoms with E-state index in [0.717, 1.165) is 0 Å².